The fourth-order valence-electron chi connectivity index (χ4n) is 1.55. The Morgan fingerprint density at radius 3 is 2.81 bits per heavy atom. The molecule has 0 aliphatic heterocycles. The number of amides is 2. The Morgan fingerprint density at radius 1 is 1.48 bits per heavy atom. The number of carbonyl (C=O) groups excluding carboxylic acids is 2. The third-order valence-electron chi connectivity index (χ3n) is 2.52. The lowest BCUT2D eigenvalue weighted by molar-refractivity contribution is -0.140. The highest BCUT2D eigenvalue weighted by Gasteiger charge is 2.24. The molecule has 0 unspecified atom stereocenters. The zero-order valence-corrected chi connectivity index (χ0v) is 11.4. The van der Waals surface area contributed by atoms with Crippen molar-refractivity contribution in [3.8, 4) is 10.6 Å². The molecule has 2 aromatic heterocycles. The Kier molecular flexibility index (Phi) is 4.33. The van der Waals surface area contributed by atoms with E-state index in [0.29, 0.717) is 5.76 Å². The summed E-state index contributed by atoms with van der Waals surface area (Å²) in [4.78, 5) is 34.4. The van der Waals surface area contributed by atoms with E-state index in [9.17, 15) is 14.4 Å². The average Bonchev–Trinajstić information content (AvgIpc) is 3.08. The van der Waals surface area contributed by atoms with Crippen molar-refractivity contribution >= 4 is 29.1 Å². The van der Waals surface area contributed by atoms with Crippen molar-refractivity contribution in [2.45, 2.75) is 12.5 Å². The number of nitrogens with zero attached hydrogens (tertiary/aromatic N) is 1. The number of aliphatic carboxylic acids is 1. The number of carboxylic acid groups (broad SMARTS) is 1. The Bertz CT molecular complexity index is 664. The van der Waals surface area contributed by atoms with Crippen molar-refractivity contribution in [1.29, 1.82) is 0 Å². The molecule has 4 N–H and O–H groups in total. The molecule has 0 saturated heterocycles. The standard InChI is InChI=1S/C12H11N3O5S/c13-10(16)5-7(12(18)19)14-11(17)6-4-8(20-15-6)9-2-1-3-21-9/h1-4,7H,5H2,(H2,13,16)(H,14,17)(H,18,19)/t7-/m0/s1. The zero-order valence-electron chi connectivity index (χ0n) is 10.6. The zero-order chi connectivity index (χ0) is 15.4. The Balaban J connectivity index is 2.09. The lowest BCUT2D eigenvalue weighted by Gasteiger charge is -2.10. The second-order valence-corrected chi connectivity index (χ2v) is 5.04. The number of nitrogens with one attached hydrogen (secondary N) is 1. The van der Waals surface area contributed by atoms with Gasteiger partial charge in [-0.25, -0.2) is 4.79 Å². The molecule has 0 fully saturated rings. The van der Waals surface area contributed by atoms with E-state index in [2.05, 4.69) is 10.5 Å². The summed E-state index contributed by atoms with van der Waals surface area (Å²) < 4.78 is 5.01. The van der Waals surface area contributed by atoms with Gasteiger partial charge in [0.1, 0.15) is 6.04 Å². The van der Waals surface area contributed by atoms with E-state index >= 15 is 0 Å². The van der Waals surface area contributed by atoms with E-state index < -0.39 is 30.2 Å². The predicted octanol–water partition coefficient (Wildman–Crippen LogP) is 0.461. The van der Waals surface area contributed by atoms with Crippen LogP contribution in [0.5, 0.6) is 0 Å². The Morgan fingerprint density at radius 2 is 2.24 bits per heavy atom. The lowest BCUT2D eigenvalue weighted by Crippen LogP contribution is -2.43. The number of carboxylic acids is 1. The highest BCUT2D eigenvalue weighted by atomic mass is 32.1. The van der Waals surface area contributed by atoms with E-state index in [4.69, 9.17) is 15.4 Å². The largest absolute Gasteiger partial charge is 0.480 e. The fourth-order valence-corrected chi connectivity index (χ4v) is 2.22. The van der Waals surface area contributed by atoms with Gasteiger partial charge in [-0.3, -0.25) is 9.59 Å². The van der Waals surface area contributed by atoms with Crippen molar-refractivity contribution in [2.75, 3.05) is 0 Å². The van der Waals surface area contributed by atoms with Crippen LogP contribution in [0.1, 0.15) is 16.9 Å². The molecule has 0 bridgehead atoms. The van der Waals surface area contributed by atoms with Crippen LogP contribution in [0.15, 0.2) is 28.1 Å². The van der Waals surface area contributed by atoms with E-state index in [0.717, 1.165) is 4.88 Å². The van der Waals surface area contributed by atoms with Gasteiger partial charge in [0.2, 0.25) is 5.91 Å². The van der Waals surface area contributed by atoms with Crippen molar-refractivity contribution in [2.24, 2.45) is 5.73 Å². The van der Waals surface area contributed by atoms with Gasteiger partial charge in [0, 0.05) is 6.07 Å². The van der Waals surface area contributed by atoms with Crippen LogP contribution in [0.2, 0.25) is 0 Å². The van der Waals surface area contributed by atoms with Crippen LogP contribution in [-0.2, 0) is 9.59 Å². The fraction of sp³-hybridized carbons (Fsp3) is 0.167. The molecule has 1 atom stereocenters. The van der Waals surface area contributed by atoms with Gasteiger partial charge >= 0.3 is 5.97 Å². The normalized spacial score (nSPS) is 11.8. The molecule has 2 heterocycles. The SMILES string of the molecule is NC(=O)C[C@H](NC(=O)c1cc(-c2cccs2)on1)C(=O)O. The van der Waals surface area contributed by atoms with E-state index in [1.54, 1.807) is 6.07 Å². The average molecular weight is 309 g/mol. The number of primary amides is 1. The molecule has 0 spiro atoms. The molecule has 21 heavy (non-hydrogen) atoms. The summed E-state index contributed by atoms with van der Waals surface area (Å²) in [7, 11) is 0. The first-order chi connectivity index (χ1) is 9.97. The minimum absolute atomic E-state index is 0.0749. The van der Waals surface area contributed by atoms with Gasteiger partial charge in [0.25, 0.3) is 5.91 Å². The summed E-state index contributed by atoms with van der Waals surface area (Å²) in [5, 5.41) is 16.5. The molecule has 2 rings (SSSR count). The first-order valence-electron chi connectivity index (χ1n) is 5.80. The van der Waals surface area contributed by atoms with Crippen LogP contribution in [0.3, 0.4) is 0 Å². The number of carbonyl (C=O) groups is 3. The quantitative estimate of drug-likeness (QED) is 0.709. The molecule has 0 aromatic carbocycles. The number of thiophene rings is 1. The first kappa shape index (κ1) is 14.7. The summed E-state index contributed by atoms with van der Waals surface area (Å²) >= 11 is 1.41. The number of hydrogen-bond acceptors (Lipinski definition) is 6. The number of aromatic nitrogens is 1. The second-order valence-electron chi connectivity index (χ2n) is 4.09. The summed E-state index contributed by atoms with van der Waals surface area (Å²) in [5.74, 6) is -2.54. The number of nitrogens with two attached hydrogens (primary N) is 1. The second kappa shape index (κ2) is 6.18. The summed E-state index contributed by atoms with van der Waals surface area (Å²) in [6.45, 7) is 0. The molecule has 8 nitrogen and oxygen atoms in total. The van der Waals surface area contributed by atoms with Crippen LogP contribution in [0, 0.1) is 0 Å². The van der Waals surface area contributed by atoms with Gasteiger partial charge in [0.15, 0.2) is 11.5 Å². The van der Waals surface area contributed by atoms with Crippen molar-refractivity contribution in [3.05, 3.63) is 29.3 Å². The Hall–Kier alpha value is -2.68. The van der Waals surface area contributed by atoms with Crippen molar-refractivity contribution in [1.82, 2.24) is 10.5 Å². The Labute approximate surface area is 122 Å². The molecular weight excluding hydrogens is 298 g/mol. The van der Waals surface area contributed by atoms with Gasteiger partial charge in [-0.15, -0.1) is 11.3 Å². The first-order valence-corrected chi connectivity index (χ1v) is 6.68. The topological polar surface area (TPSA) is 136 Å². The van der Waals surface area contributed by atoms with Gasteiger partial charge in [-0.05, 0) is 11.4 Å². The maximum absolute atomic E-state index is 11.9. The number of rotatable bonds is 6. The summed E-state index contributed by atoms with van der Waals surface area (Å²) in [5.41, 5.74) is 4.85. The molecule has 2 amide bonds. The lowest BCUT2D eigenvalue weighted by atomic mass is 10.2. The van der Waals surface area contributed by atoms with Crippen molar-refractivity contribution in [3.63, 3.8) is 0 Å². The minimum Gasteiger partial charge on any atom is -0.480 e. The van der Waals surface area contributed by atoms with Gasteiger partial charge in [-0.1, -0.05) is 11.2 Å². The van der Waals surface area contributed by atoms with Gasteiger partial charge < -0.3 is 20.7 Å². The maximum Gasteiger partial charge on any atom is 0.326 e. The van der Waals surface area contributed by atoms with Gasteiger partial charge in [-0.2, -0.15) is 0 Å². The molecule has 0 aliphatic rings. The molecule has 0 radical (unpaired) electrons. The monoisotopic (exact) mass is 309 g/mol. The van der Waals surface area contributed by atoms with E-state index in [-0.39, 0.29) is 5.69 Å². The molecule has 110 valence electrons. The van der Waals surface area contributed by atoms with Crippen LogP contribution >= 0.6 is 11.3 Å². The molecule has 0 aliphatic carbocycles. The van der Waals surface area contributed by atoms with Gasteiger partial charge in [0.05, 0.1) is 11.3 Å². The molecule has 9 heteroatoms. The highest BCUT2D eigenvalue weighted by molar-refractivity contribution is 7.13. The van der Waals surface area contributed by atoms with Crippen molar-refractivity contribution < 1.29 is 24.0 Å². The highest BCUT2D eigenvalue weighted by Crippen LogP contribution is 2.25. The number of hydrogen-bond donors (Lipinski definition) is 3. The smallest absolute Gasteiger partial charge is 0.326 e. The summed E-state index contributed by atoms with van der Waals surface area (Å²) in [6, 6.07) is 3.59. The van der Waals surface area contributed by atoms with Crippen LogP contribution < -0.4 is 11.1 Å². The third kappa shape index (κ3) is 3.66. The molecular formula is C12H11N3O5S. The van der Waals surface area contributed by atoms with Crippen LogP contribution in [-0.4, -0.2) is 34.1 Å². The molecule has 2 aromatic rings. The van der Waals surface area contributed by atoms with Crippen LogP contribution in [0.25, 0.3) is 10.6 Å². The predicted molar refractivity (Wildman–Crippen MR) is 72.5 cm³/mol. The third-order valence-corrected chi connectivity index (χ3v) is 3.40. The van der Waals surface area contributed by atoms with E-state index in [1.165, 1.54) is 17.4 Å². The van der Waals surface area contributed by atoms with Crippen LogP contribution in [0.4, 0.5) is 0 Å². The van der Waals surface area contributed by atoms with E-state index in [1.807, 2.05) is 11.4 Å². The summed E-state index contributed by atoms with van der Waals surface area (Å²) in [6.07, 6.45) is -0.503. The molecule has 0 saturated carbocycles. The maximum atomic E-state index is 11.9. The minimum atomic E-state index is -1.41.